The molecule has 3 nitrogen and oxygen atoms in total. The van der Waals surface area contributed by atoms with Gasteiger partial charge in [-0.1, -0.05) is 34.5 Å². The van der Waals surface area contributed by atoms with Crippen molar-refractivity contribution < 1.29 is 4.79 Å². The molecule has 2 aliphatic carbocycles. The molecule has 0 aromatic heterocycles. The number of benzene rings is 1. The number of rotatable bonds is 4. The summed E-state index contributed by atoms with van der Waals surface area (Å²) in [5, 5.41) is 6.83. The van der Waals surface area contributed by atoms with Gasteiger partial charge in [-0.3, -0.25) is 4.79 Å². The molecule has 2 saturated carbocycles. The fourth-order valence-corrected chi connectivity index (χ4v) is 4.63. The minimum atomic E-state index is 0. The molecule has 0 bridgehead atoms. The molecule has 1 aromatic rings. The van der Waals surface area contributed by atoms with Gasteiger partial charge < -0.3 is 10.6 Å². The van der Waals surface area contributed by atoms with Crippen molar-refractivity contribution in [1.29, 1.82) is 0 Å². The van der Waals surface area contributed by atoms with E-state index in [0.29, 0.717) is 17.2 Å². The summed E-state index contributed by atoms with van der Waals surface area (Å²) >= 11 is 3.50. The summed E-state index contributed by atoms with van der Waals surface area (Å²) in [4.78, 5) is 12.8. The number of nitrogens with one attached hydrogen (secondary N) is 2. The molecule has 3 fully saturated rings. The molecule has 2 atom stereocenters. The average Bonchev–Trinajstić information content (AvgIpc) is 3.20. The zero-order valence-electron chi connectivity index (χ0n) is 13.9. The number of halogens is 2. The second kappa shape index (κ2) is 7.35. The van der Waals surface area contributed by atoms with Crippen LogP contribution in [0.4, 0.5) is 0 Å². The molecule has 4 rings (SSSR count). The van der Waals surface area contributed by atoms with E-state index in [2.05, 4.69) is 50.8 Å². The Morgan fingerprint density at radius 3 is 2.46 bits per heavy atom. The first-order valence-electron chi connectivity index (χ1n) is 8.95. The number of hydrogen-bond acceptors (Lipinski definition) is 2. The number of amides is 1. The molecule has 1 aromatic carbocycles. The van der Waals surface area contributed by atoms with E-state index in [4.69, 9.17) is 0 Å². The van der Waals surface area contributed by atoms with Crippen LogP contribution in [0.2, 0.25) is 0 Å². The van der Waals surface area contributed by atoms with E-state index in [9.17, 15) is 4.79 Å². The van der Waals surface area contributed by atoms with Crippen molar-refractivity contribution in [1.82, 2.24) is 10.6 Å². The lowest BCUT2D eigenvalue weighted by Crippen LogP contribution is -2.39. The van der Waals surface area contributed by atoms with Crippen LogP contribution in [-0.2, 0) is 4.79 Å². The van der Waals surface area contributed by atoms with Crippen LogP contribution < -0.4 is 10.6 Å². The average molecular weight is 414 g/mol. The molecule has 0 radical (unpaired) electrons. The number of carbonyl (C=O) groups is 1. The van der Waals surface area contributed by atoms with Gasteiger partial charge >= 0.3 is 0 Å². The second-order valence-electron chi connectivity index (χ2n) is 7.60. The maximum Gasteiger partial charge on any atom is 0.224 e. The van der Waals surface area contributed by atoms with Gasteiger partial charge in [-0.15, -0.1) is 12.4 Å². The molecule has 5 heteroatoms. The van der Waals surface area contributed by atoms with Crippen molar-refractivity contribution in [2.45, 2.75) is 44.6 Å². The van der Waals surface area contributed by atoms with Gasteiger partial charge in [0, 0.05) is 10.4 Å². The molecule has 2 N–H and O–H groups in total. The largest absolute Gasteiger partial charge is 0.349 e. The highest BCUT2D eigenvalue weighted by Crippen LogP contribution is 2.58. The number of piperidine rings is 1. The van der Waals surface area contributed by atoms with Crippen LogP contribution in [0.3, 0.4) is 0 Å². The molecule has 1 saturated heterocycles. The molecule has 2 unspecified atom stereocenters. The van der Waals surface area contributed by atoms with Gasteiger partial charge in [-0.05, 0) is 74.2 Å². The molecule has 1 heterocycles. The summed E-state index contributed by atoms with van der Waals surface area (Å²) in [6.07, 6.45) is 7.20. The zero-order chi connectivity index (χ0) is 15.9. The summed E-state index contributed by atoms with van der Waals surface area (Å²) < 4.78 is 1.09. The van der Waals surface area contributed by atoms with Crippen LogP contribution in [0.5, 0.6) is 0 Å². The van der Waals surface area contributed by atoms with Gasteiger partial charge in [0.05, 0.1) is 6.04 Å². The van der Waals surface area contributed by atoms with Crippen LogP contribution in [0.25, 0.3) is 0 Å². The van der Waals surface area contributed by atoms with Gasteiger partial charge in [0.2, 0.25) is 5.91 Å². The highest BCUT2D eigenvalue weighted by Gasteiger charge is 2.57. The fraction of sp³-hybridized carbons (Fsp3) is 0.632. The van der Waals surface area contributed by atoms with Gasteiger partial charge in [0.25, 0.3) is 0 Å². The molecular weight excluding hydrogens is 388 g/mol. The van der Waals surface area contributed by atoms with Crippen molar-refractivity contribution in [2.24, 2.45) is 17.3 Å². The Morgan fingerprint density at radius 2 is 1.88 bits per heavy atom. The van der Waals surface area contributed by atoms with Crippen LogP contribution >= 0.6 is 28.3 Å². The minimum Gasteiger partial charge on any atom is -0.349 e. The Labute approximate surface area is 158 Å². The van der Waals surface area contributed by atoms with E-state index < -0.39 is 0 Å². The third-order valence-corrected chi connectivity index (χ3v) is 6.78. The van der Waals surface area contributed by atoms with Gasteiger partial charge in [-0.25, -0.2) is 0 Å². The lowest BCUT2D eigenvalue weighted by molar-refractivity contribution is -0.124. The Balaban J connectivity index is 0.00000169. The third-order valence-electron chi connectivity index (χ3n) is 6.25. The molecular formula is C19H26BrClN2O. The molecule has 132 valence electrons. The van der Waals surface area contributed by atoms with Crippen molar-refractivity contribution >= 4 is 34.2 Å². The molecule has 1 amide bonds. The number of carbonyl (C=O) groups excluding carboxylic acids is 1. The van der Waals surface area contributed by atoms with E-state index in [1.165, 1.54) is 24.8 Å². The molecule has 24 heavy (non-hydrogen) atoms. The monoisotopic (exact) mass is 412 g/mol. The van der Waals surface area contributed by atoms with Crippen LogP contribution in [0, 0.1) is 17.3 Å². The summed E-state index contributed by atoms with van der Waals surface area (Å²) in [6.45, 7) is 2.14. The fourth-order valence-electron chi connectivity index (χ4n) is 4.37. The summed E-state index contributed by atoms with van der Waals surface area (Å²) in [5.74, 6) is 1.16. The summed E-state index contributed by atoms with van der Waals surface area (Å²) in [5.41, 5.74) is 1.57. The quantitative estimate of drug-likeness (QED) is 0.776. The standard InChI is InChI=1S/C19H25BrN2O.ClH/c20-15-6-4-14(5-7-15)17(13-2-1-3-13)22-18(23)16-12-19(16)8-10-21-11-9-19;/h4-7,13,16-17,21H,1-3,8-12H2,(H,22,23);1H. The lowest BCUT2D eigenvalue weighted by Gasteiger charge is -2.35. The minimum absolute atomic E-state index is 0. The first-order valence-corrected chi connectivity index (χ1v) is 9.74. The van der Waals surface area contributed by atoms with Gasteiger partial charge in [0.15, 0.2) is 0 Å². The zero-order valence-corrected chi connectivity index (χ0v) is 16.3. The maximum atomic E-state index is 12.8. The normalized spacial score (nSPS) is 26.1. The van der Waals surface area contributed by atoms with Crippen LogP contribution in [0.1, 0.15) is 50.1 Å². The Kier molecular flexibility index (Phi) is 5.58. The SMILES string of the molecule is Cl.O=C(NC(c1ccc(Br)cc1)C1CCC1)C1CC12CCNCC2. The van der Waals surface area contributed by atoms with Crippen LogP contribution in [-0.4, -0.2) is 19.0 Å². The van der Waals surface area contributed by atoms with Crippen molar-refractivity contribution in [3.63, 3.8) is 0 Å². The van der Waals surface area contributed by atoms with E-state index in [1.807, 2.05) is 0 Å². The predicted molar refractivity (Wildman–Crippen MR) is 102 cm³/mol. The van der Waals surface area contributed by atoms with Gasteiger partial charge in [0.1, 0.15) is 0 Å². The van der Waals surface area contributed by atoms with Gasteiger partial charge in [-0.2, -0.15) is 0 Å². The van der Waals surface area contributed by atoms with E-state index >= 15 is 0 Å². The lowest BCUT2D eigenvalue weighted by atomic mass is 9.77. The molecule has 3 aliphatic rings. The van der Waals surface area contributed by atoms with E-state index in [-0.39, 0.29) is 24.4 Å². The number of hydrogen-bond donors (Lipinski definition) is 2. The first kappa shape index (κ1) is 18.2. The molecule has 1 aliphatic heterocycles. The second-order valence-corrected chi connectivity index (χ2v) is 8.51. The highest BCUT2D eigenvalue weighted by atomic mass is 79.9. The smallest absolute Gasteiger partial charge is 0.224 e. The third kappa shape index (κ3) is 3.51. The van der Waals surface area contributed by atoms with E-state index in [0.717, 1.165) is 36.8 Å². The Bertz CT molecular complexity index is 582. The van der Waals surface area contributed by atoms with Crippen LogP contribution in [0.15, 0.2) is 28.7 Å². The topological polar surface area (TPSA) is 41.1 Å². The molecule has 1 spiro atoms. The first-order chi connectivity index (χ1) is 11.2. The summed E-state index contributed by atoms with van der Waals surface area (Å²) in [7, 11) is 0. The highest BCUT2D eigenvalue weighted by molar-refractivity contribution is 9.10. The van der Waals surface area contributed by atoms with Crippen molar-refractivity contribution in [3.8, 4) is 0 Å². The maximum absolute atomic E-state index is 12.8. The predicted octanol–water partition coefficient (Wildman–Crippen LogP) is 4.22. The summed E-state index contributed by atoms with van der Waals surface area (Å²) in [6, 6.07) is 8.67. The Morgan fingerprint density at radius 1 is 1.21 bits per heavy atom. The Hall–Kier alpha value is -0.580. The van der Waals surface area contributed by atoms with Crippen molar-refractivity contribution in [3.05, 3.63) is 34.3 Å². The van der Waals surface area contributed by atoms with E-state index in [1.54, 1.807) is 0 Å². The van der Waals surface area contributed by atoms with Crippen molar-refractivity contribution in [2.75, 3.05) is 13.1 Å².